The first kappa shape index (κ1) is 19.2. The first-order chi connectivity index (χ1) is 10.9. The van der Waals surface area contributed by atoms with Crippen LogP contribution in [0.5, 0.6) is 0 Å². The topological polar surface area (TPSA) is 49.4 Å². The van der Waals surface area contributed by atoms with Crippen LogP contribution in [0.1, 0.15) is 52.2 Å². The van der Waals surface area contributed by atoms with Crippen LogP contribution in [0.25, 0.3) is 0 Å². The zero-order chi connectivity index (χ0) is 17.4. The molecule has 0 aliphatic carbocycles. The van der Waals surface area contributed by atoms with E-state index in [0.717, 1.165) is 29.7 Å². The summed E-state index contributed by atoms with van der Waals surface area (Å²) in [5.74, 6) is 0.407. The predicted octanol–water partition coefficient (Wildman–Crippen LogP) is 3.33. The van der Waals surface area contributed by atoms with E-state index in [4.69, 9.17) is 0 Å². The zero-order valence-corrected chi connectivity index (χ0v) is 15.1. The standard InChI is InChI=1S/C19H30N2O2/c1-6-16-9-8-10-17(7-2)19(16)21(15(5)22)12-11-18(23)20-13-14(3)4/h8-10,14H,6-7,11-13H2,1-5H3,(H,20,23). The molecule has 0 spiro atoms. The molecule has 0 atom stereocenters. The Morgan fingerprint density at radius 2 is 1.70 bits per heavy atom. The molecule has 128 valence electrons. The normalized spacial score (nSPS) is 10.7. The third kappa shape index (κ3) is 5.70. The minimum atomic E-state index is -0.0164. The molecule has 0 fully saturated rings. The Morgan fingerprint density at radius 1 is 1.13 bits per heavy atom. The molecule has 1 aromatic rings. The van der Waals surface area contributed by atoms with Gasteiger partial charge in [-0.1, -0.05) is 45.9 Å². The maximum absolute atomic E-state index is 12.2. The van der Waals surface area contributed by atoms with Gasteiger partial charge in [-0.05, 0) is 29.9 Å². The minimum absolute atomic E-state index is 0.00280. The van der Waals surface area contributed by atoms with Crippen LogP contribution in [0.3, 0.4) is 0 Å². The molecule has 0 radical (unpaired) electrons. The average molecular weight is 318 g/mol. The van der Waals surface area contributed by atoms with E-state index < -0.39 is 0 Å². The van der Waals surface area contributed by atoms with Crippen LogP contribution in [0.4, 0.5) is 5.69 Å². The van der Waals surface area contributed by atoms with Crippen LogP contribution in [0.15, 0.2) is 18.2 Å². The van der Waals surface area contributed by atoms with Crippen molar-refractivity contribution >= 4 is 17.5 Å². The van der Waals surface area contributed by atoms with E-state index in [1.807, 2.05) is 6.07 Å². The second-order valence-electron chi connectivity index (χ2n) is 6.25. The zero-order valence-electron chi connectivity index (χ0n) is 15.1. The molecule has 0 saturated heterocycles. The molecule has 0 heterocycles. The molecule has 4 nitrogen and oxygen atoms in total. The molecule has 23 heavy (non-hydrogen) atoms. The highest BCUT2D eigenvalue weighted by molar-refractivity contribution is 5.94. The molecule has 1 rings (SSSR count). The summed E-state index contributed by atoms with van der Waals surface area (Å²) in [6, 6.07) is 6.15. The van der Waals surface area contributed by atoms with Gasteiger partial charge in [0, 0.05) is 32.1 Å². The third-order valence-electron chi connectivity index (χ3n) is 3.88. The smallest absolute Gasteiger partial charge is 0.223 e. The van der Waals surface area contributed by atoms with Crippen LogP contribution in [-0.2, 0) is 22.4 Å². The van der Waals surface area contributed by atoms with Crippen LogP contribution < -0.4 is 10.2 Å². The maximum atomic E-state index is 12.2. The van der Waals surface area contributed by atoms with Crippen molar-refractivity contribution in [3.63, 3.8) is 0 Å². The lowest BCUT2D eigenvalue weighted by Gasteiger charge is -2.26. The third-order valence-corrected chi connectivity index (χ3v) is 3.88. The van der Waals surface area contributed by atoms with Gasteiger partial charge in [-0.2, -0.15) is 0 Å². The highest BCUT2D eigenvalue weighted by Gasteiger charge is 2.19. The van der Waals surface area contributed by atoms with E-state index >= 15 is 0 Å². The molecule has 1 aromatic carbocycles. The van der Waals surface area contributed by atoms with Crippen LogP contribution >= 0.6 is 0 Å². The van der Waals surface area contributed by atoms with E-state index in [0.29, 0.717) is 25.4 Å². The van der Waals surface area contributed by atoms with E-state index in [1.54, 1.807) is 11.8 Å². The fourth-order valence-corrected chi connectivity index (χ4v) is 2.61. The van der Waals surface area contributed by atoms with Crippen molar-refractivity contribution in [1.29, 1.82) is 0 Å². The predicted molar refractivity (Wildman–Crippen MR) is 95.7 cm³/mol. The number of anilines is 1. The molecule has 0 aromatic heterocycles. The number of nitrogens with one attached hydrogen (secondary N) is 1. The lowest BCUT2D eigenvalue weighted by atomic mass is 10.0. The van der Waals surface area contributed by atoms with Crippen LogP contribution in [0, 0.1) is 5.92 Å². The monoisotopic (exact) mass is 318 g/mol. The molecule has 0 unspecified atom stereocenters. The number of carbonyl (C=O) groups excluding carboxylic acids is 2. The highest BCUT2D eigenvalue weighted by Crippen LogP contribution is 2.27. The van der Waals surface area contributed by atoms with Crippen molar-refractivity contribution in [3.05, 3.63) is 29.3 Å². The quantitative estimate of drug-likeness (QED) is 0.799. The fourth-order valence-electron chi connectivity index (χ4n) is 2.61. The number of para-hydroxylation sites is 1. The second-order valence-corrected chi connectivity index (χ2v) is 6.25. The Labute approximate surface area is 140 Å². The van der Waals surface area contributed by atoms with E-state index in [9.17, 15) is 9.59 Å². The van der Waals surface area contributed by atoms with Gasteiger partial charge < -0.3 is 10.2 Å². The minimum Gasteiger partial charge on any atom is -0.356 e. The average Bonchev–Trinajstić information content (AvgIpc) is 2.52. The molecule has 2 amide bonds. The maximum Gasteiger partial charge on any atom is 0.223 e. The molecule has 0 bridgehead atoms. The Morgan fingerprint density at radius 3 is 2.13 bits per heavy atom. The summed E-state index contributed by atoms with van der Waals surface area (Å²) in [5.41, 5.74) is 3.30. The first-order valence-electron chi connectivity index (χ1n) is 8.56. The molecule has 1 N–H and O–H groups in total. The summed E-state index contributed by atoms with van der Waals surface area (Å²) in [6.45, 7) is 11.0. The van der Waals surface area contributed by atoms with Crippen LogP contribution in [-0.4, -0.2) is 24.9 Å². The SMILES string of the molecule is CCc1cccc(CC)c1N(CCC(=O)NCC(C)C)C(C)=O. The summed E-state index contributed by atoms with van der Waals surface area (Å²) in [7, 11) is 0. The molecular formula is C19H30N2O2. The van der Waals surface area contributed by atoms with Gasteiger partial charge in [-0.15, -0.1) is 0 Å². The summed E-state index contributed by atoms with van der Waals surface area (Å²) in [4.78, 5) is 25.9. The van der Waals surface area contributed by atoms with Crippen molar-refractivity contribution in [3.8, 4) is 0 Å². The van der Waals surface area contributed by atoms with Crippen molar-refractivity contribution in [2.24, 2.45) is 5.92 Å². The Balaban J connectivity index is 2.91. The van der Waals surface area contributed by atoms with Crippen molar-refractivity contribution in [2.75, 3.05) is 18.0 Å². The molecule has 0 aliphatic rings. The number of amides is 2. The summed E-state index contributed by atoms with van der Waals surface area (Å²) in [6.07, 6.45) is 2.06. The first-order valence-corrected chi connectivity index (χ1v) is 8.56. The van der Waals surface area contributed by atoms with Crippen molar-refractivity contribution in [1.82, 2.24) is 5.32 Å². The molecular weight excluding hydrogens is 288 g/mol. The highest BCUT2D eigenvalue weighted by atomic mass is 16.2. The van der Waals surface area contributed by atoms with Gasteiger partial charge in [0.2, 0.25) is 11.8 Å². The van der Waals surface area contributed by atoms with E-state index in [-0.39, 0.29) is 11.8 Å². The van der Waals surface area contributed by atoms with Gasteiger partial charge >= 0.3 is 0 Å². The molecule has 0 aliphatic heterocycles. The Bertz CT molecular complexity index is 516. The van der Waals surface area contributed by atoms with Gasteiger partial charge in [-0.3, -0.25) is 9.59 Å². The summed E-state index contributed by atoms with van der Waals surface area (Å²) >= 11 is 0. The Kier molecular flexibility index (Phi) is 7.79. The lowest BCUT2D eigenvalue weighted by molar-refractivity contribution is -0.121. The number of hydrogen-bond acceptors (Lipinski definition) is 2. The fraction of sp³-hybridized carbons (Fsp3) is 0.579. The lowest BCUT2D eigenvalue weighted by Crippen LogP contribution is -2.36. The number of hydrogen-bond donors (Lipinski definition) is 1. The number of rotatable bonds is 8. The van der Waals surface area contributed by atoms with Gasteiger partial charge in [0.15, 0.2) is 0 Å². The van der Waals surface area contributed by atoms with Gasteiger partial charge in [-0.25, -0.2) is 0 Å². The second kappa shape index (κ2) is 9.33. The van der Waals surface area contributed by atoms with Crippen molar-refractivity contribution < 1.29 is 9.59 Å². The number of aryl methyl sites for hydroxylation is 2. The molecule has 4 heteroatoms. The van der Waals surface area contributed by atoms with E-state index in [1.165, 1.54) is 0 Å². The largest absolute Gasteiger partial charge is 0.356 e. The number of carbonyl (C=O) groups is 2. The summed E-state index contributed by atoms with van der Waals surface area (Å²) in [5, 5.41) is 2.91. The van der Waals surface area contributed by atoms with Gasteiger partial charge in [0.05, 0.1) is 0 Å². The number of nitrogens with zero attached hydrogens (tertiary/aromatic N) is 1. The van der Waals surface area contributed by atoms with E-state index in [2.05, 4.69) is 45.1 Å². The van der Waals surface area contributed by atoms with Gasteiger partial charge in [0.25, 0.3) is 0 Å². The van der Waals surface area contributed by atoms with Crippen LogP contribution in [0.2, 0.25) is 0 Å². The van der Waals surface area contributed by atoms with Crippen molar-refractivity contribution in [2.45, 2.75) is 53.9 Å². The Hall–Kier alpha value is -1.84. The number of benzene rings is 1. The molecule has 0 saturated carbocycles. The van der Waals surface area contributed by atoms with Gasteiger partial charge in [0.1, 0.15) is 0 Å². The summed E-state index contributed by atoms with van der Waals surface area (Å²) < 4.78 is 0.